The number of carbonyl (C=O) groups excluding carboxylic acids is 1. The largest absolute Gasteiger partial charge is 0.480 e. The summed E-state index contributed by atoms with van der Waals surface area (Å²) in [6.07, 6.45) is 1.99. The van der Waals surface area contributed by atoms with Crippen LogP contribution < -0.4 is 5.56 Å². The van der Waals surface area contributed by atoms with Crippen molar-refractivity contribution >= 4 is 11.9 Å². The average molecular weight is 279 g/mol. The van der Waals surface area contributed by atoms with E-state index < -0.39 is 24.0 Å². The molecule has 0 radical (unpaired) electrons. The minimum atomic E-state index is -1.11. The van der Waals surface area contributed by atoms with Crippen LogP contribution in [-0.4, -0.2) is 44.9 Å². The zero-order chi connectivity index (χ0) is 14.9. The topological polar surface area (TPSA) is 103 Å². The Kier molecular flexibility index (Phi) is 3.87. The highest BCUT2D eigenvalue weighted by atomic mass is 16.4. The lowest BCUT2D eigenvalue weighted by Crippen LogP contribution is -2.39. The molecule has 1 aromatic rings. The highest BCUT2D eigenvalue weighted by Gasteiger charge is 2.29. The summed E-state index contributed by atoms with van der Waals surface area (Å²) >= 11 is 0. The van der Waals surface area contributed by atoms with Gasteiger partial charge in [-0.05, 0) is 26.7 Å². The predicted molar refractivity (Wildman–Crippen MR) is 70.8 cm³/mol. The van der Waals surface area contributed by atoms with Gasteiger partial charge in [0.15, 0.2) is 0 Å². The van der Waals surface area contributed by atoms with E-state index in [9.17, 15) is 14.4 Å². The molecule has 1 fully saturated rings. The minimum absolute atomic E-state index is 0.0718. The van der Waals surface area contributed by atoms with Gasteiger partial charge in [-0.15, -0.1) is 0 Å². The second-order valence-corrected chi connectivity index (χ2v) is 4.90. The standard InChI is InChI=1S/C13H17N3O4/c1-3-16(6-9(17)18)13(20)10-7(2)14-11(8-4-5-8)15-12(10)19/h8H,3-6H2,1-2H3,(H,17,18)(H,14,15,19). The molecule has 108 valence electrons. The number of aromatic amines is 1. The first-order chi connectivity index (χ1) is 9.43. The maximum absolute atomic E-state index is 12.3. The number of rotatable bonds is 5. The van der Waals surface area contributed by atoms with Gasteiger partial charge < -0.3 is 15.0 Å². The van der Waals surface area contributed by atoms with Crippen LogP contribution in [0.15, 0.2) is 4.79 Å². The molecule has 7 nitrogen and oxygen atoms in total. The van der Waals surface area contributed by atoms with Crippen molar-refractivity contribution in [3.8, 4) is 0 Å². The molecular formula is C13H17N3O4. The second-order valence-electron chi connectivity index (χ2n) is 4.90. The number of carbonyl (C=O) groups is 2. The van der Waals surface area contributed by atoms with Crippen LogP contribution in [0, 0.1) is 6.92 Å². The van der Waals surface area contributed by atoms with Gasteiger partial charge in [0.2, 0.25) is 0 Å². The summed E-state index contributed by atoms with van der Waals surface area (Å²) in [5.41, 5.74) is -0.213. The number of hydrogen-bond donors (Lipinski definition) is 2. The summed E-state index contributed by atoms with van der Waals surface area (Å²) in [6, 6.07) is 0. The van der Waals surface area contributed by atoms with Crippen molar-refractivity contribution in [2.45, 2.75) is 32.6 Å². The van der Waals surface area contributed by atoms with E-state index in [0.29, 0.717) is 11.5 Å². The molecule has 1 heterocycles. The summed E-state index contributed by atoms with van der Waals surface area (Å²) in [6.45, 7) is 3.05. The van der Waals surface area contributed by atoms with Crippen molar-refractivity contribution in [1.29, 1.82) is 0 Å². The number of H-pyrrole nitrogens is 1. The van der Waals surface area contributed by atoms with Crippen molar-refractivity contribution in [2.24, 2.45) is 0 Å². The Morgan fingerprint density at radius 3 is 2.55 bits per heavy atom. The SMILES string of the molecule is CCN(CC(=O)O)C(=O)c1c(C)nc(C2CC2)[nH]c1=O. The van der Waals surface area contributed by atoms with Crippen molar-refractivity contribution < 1.29 is 14.7 Å². The third-order valence-corrected chi connectivity index (χ3v) is 3.29. The molecule has 2 rings (SSSR count). The highest BCUT2D eigenvalue weighted by molar-refractivity contribution is 5.96. The highest BCUT2D eigenvalue weighted by Crippen LogP contribution is 2.37. The molecule has 0 saturated heterocycles. The Balaban J connectivity index is 2.33. The van der Waals surface area contributed by atoms with Crippen LogP contribution in [-0.2, 0) is 4.79 Å². The van der Waals surface area contributed by atoms with Crippen LogP contribution in [0.2, 0.25) is 0 Å². The molecular weight excluding hydrogens is 262 g/mol. The van der Waals surface area contributed by atoms with E-state index in [0.717, 1.165) is 17.7 Å². The van der Waals surface area contributed by atoms with Crippen LogP contribution in [0.4, 0.5) is 0 Å². The summed E-state index contributed by atoms with van der Waals surface area (Å²) < 4.78 is 0. The van der Waals surface area contributed by atoms with Crippen molar-refractivity contribution in [3.63, 3.8) is 0 Å². The molecule has 0 unspecified atom stereocenters. The summed E-state index contributed by atoms with van der Waals surface area (Å²) in [5.74, 6) is -0.808. The van der Waals surface area contributed by atoms with Gasteiger partial charge >= 0.3 is 5.97 Å². The zero-order valence-electron chi connectivity index (χ0n) is 11.5. The number of hydrogen-bond acceptors (Lipinski definition) is 4. The Morgan fingerprint density at radius 1 is 1.45 bits per heavy atom. The molecule has 0 atom stereocenters. The van der Waals surface area contributed by atoms with Gasteiger partial charge in [-0.25, -0.2) is 4.98 Å². The van der Waals surface area contributed by atoms with E-state index in [1.807, 2.05) is 0 Å². The number of nitrogens with one attached hydrogen (secondary N) is 1. The van der Waals surface area contributed by atoms with Crippen molar-refractivity contribution in [3.05, 3.63) is 27.4 Å². The van der Waals surface area contributed by atoms with Crippen LogP contribution >= 0.6 is 0 Å². The molecule has 1 aliphatic carbocycles. The van der Waals surface area contributed by atoms with E-state index in [2.05, 4.69) is 9.97 Å². The van der Waals surface area contributed by atoms with E-state index >= 15 is 0 Å². The number of amides is 1. The fraction of sp³-hybridized carbons (Fsp3) is 0.538. The fourth-order valence-corrected chi connectivity index (χ4v) is 2.06. The lowest BCUT2D eigenvalue weighted by atomic mass is 10.2. The van der Waals surface area contributed by atoms with Crippen LogP contribution in [0.5, 0.6) is 0 Å². The molecule has 20 heavy (non-hydrogen) atoms. The molecule has 0 aliphatic heterocycles. The van der Waals surface area contributed by atoms with Crippen LogP contribution in [0.3, 0.4) is 0 Å². The summed E-state index contributed by atoms with van der Waals surface area (Å²) in [4.78, 5) is 43.0. The minimum Gasteiger partial charge on any atom is -0.480 e. The summed E-state index contributed by atoms with van der Waals surface area (Å²) in [5, 5.41) is 8.78. The quantitative estimate of drug-likeness (QED) is 0.817. The van der Waals surface area contributed by atoms with Gasteiger partial charge in [-0.2, -0.15) is 0 Å². The predicted octanol–water partition coefficient (Wildman–Crippen LogP) is 0.502. The maximum Gasteiger partial charge on any atom is 0.323 e. The van der Waals surface area contributed by atoms with Gasteiger partial charge in [0.1, 0.15) is 17.9 Å². The molecule has 2 N–H and O–H groups in total. The van der Waals surface area contributed by atoms with Crippen LogP contribution in [0.25, 0.3) is 0 Å². The number of aryl methyl sites for hydroxylation is 1. The number of likely N-dealkylation sites (N-methyl/N-ethyl adjacent to an activating group) is 1. The molecule has 0 spiro atoms. The molecule has 1 amide bonds. The number of aromatic nitrogens is 2. The van der Waals surface area contributed by atoms with Gasteiger partial charge in [-0.3, -0.25) is 14.4 Å². The van der Waals surface area contributed by atoms with Crippen molar-refractivity contribution in [2.75, 3.05) is 13.1 Å². The van der Waals surface area contributed by atoms with Crippen LogP contribution in [0.1, 0.15) is 47.6 Å². The average Bonchev–Trinajstić information content (AvgIpc) is 3.18. The lowest BCUT2D eigenvalue weighted by molar-refractivity contribution is -0.137. The molecule has 1 aromatic heterocycles. The van der Waals surface area contributed by atoms with Gasteiger partial charge in [0.25, 0.3) is 11.5 Å². The molecule has 7 heteroatoms. The smallest absolute Gasteiger partial charge is 0.323 e. The van der Waals surface area contributed by atoms with Gasteiger partial charge in [0.05, 0.1) is 5.69 Å². The number of nitrogens with zero attached hydrogens (tertiary/aromatic N) is 2. The van der Waals surface area contributed by atoms with E-state index in [4.69, 9.17) is 5.11 Å². The first kappa shape index (κ1) is 14.2. The zero-order valence-corrected chi connectivity index (χ0v) is 11.5. The van der Waals surface area contributed by atoms with E-state index in [-0.39, 0.29) is 18.0 Å². The Hall–Kier alpha value is -2.18. The van der Waals surface area contributed by atoms with Gasteiger partial charge in [0, 0.05) is 12.5 Å². The molecule has 1 saturated carbocycles. The summed E-state index contributed by atoms with van der Waals surface area (Å²) in [7, 11) is 0. The normalized spacial score (nSPS) is 14.1. The molecule has 0 aromatic carbocycles. The molecule has 0 bridgehead atoms. The third kappa shape index (κ3) is 2.87. The number of aliphatic carboxylic acids is 1. The Labute approximate surface area is 115 Å². The maximum atomic E-state index is 12.3. The molecule has 1 aliphatic rings. The first-order valence-electron chi connectivity index (χ1n) is 6.56. The lowest BCUT2D eigenvalue weighted by Gasteiger charge is -2.18. The third-order valence-electron chi connectivity index (χ3n) is 3.29. The van der Waals surface area contributed by atoms with Gasteiger partial charge in [-0.1, -0.05) is 0 Å². The number of carboxylic acid groups (broad SMARTS) is 1. The second kappa shape index (κ2) is 5.44. The first-order valence-corrected chi connectivity index (χ1v) is 6.56. The van der Waals surface area contributed by atoms with Crippen molar-refractivity contribution in [1.82, 2.24) is 14.9 Å². The monoisotopic (exact) mass is 279 g/mol. The Morgan fingerprint density at radius 2 is 2.10 bits per heavy atom. The van der Waals surface area contributed by atoms with E-state index in [1.54, 1.807) is 13.8 Å². The number of carboxylic acids is 1. The fourth-order valence-electron chi connectivity index (χ4n) is 2.06. The Bertz CT molecular complexity index is 604. The van der Waals surface area contributed by atoms with E-state index in [1.165, 1.54) is 0 Å².